The van der Waals surface area contributed by atoms with Gasteiger partial charge < -0.3 is 14.5 Å². The Balaban J connectivity index is 1.39. The number of fused-ring (bicyclic) bond motifs is 1. The standard InChI is InChI=1S/C22H20N4O5S/c1-13(2)10-18-25-26-19(27)11-16(24-22(26)32-18)12-31-21(29)14-5-7-15(8-6-14)23-20(28)17-4-3-9-30-17/h3-9,11,13H,10,12H2,1-2H3,(H,23,28). The fourth-order valence-electron chi connectivity index (χ4n) is 2.91. The molecule has 1 amide bonds. The summed E-state index contributed by atoms with van der Waals surface area (Å²) in [6.07, 6.45) is 2.17. The minimum Gasteiger partial charge on any atom is -0.459 e. The van der Waals surface area contributed by atoms with Gasteiger partial charge in [0.25, 0.3) is 11.5 Å². The predicted molar refractivity (Wildman–Crippen MR) is 118 cm³/mol. The second kappa shape index (κ2) is 9.15. The second-order valence-electron chi connectivity index (χ2n) is 7.46. The highest BCUT2D eigenvalue weighted by molar-refractivity contribution is 7.16. The lowest BCUT2D eigenvalue weighted by Gasteiger charge is -2.06. The Labute approximate surface area is 186 Å². The van der Waals surface area contributed by atoms with Crippen molar-refractivity contribution >= 4 is 33.9 Å². The van der Waals surface area contributed by atoms with Gasteiger partial charge in [0.2, 0.25) is 4.96 Å². The van der Waals surface area contributed by atoms with Crippen molar-refractivity contribution in [1.29, 1.82) is 0 Å². The first kappa shape index (κ1) is 21.4. The number of carbonyl (C=O) groups is 2. The summed E-state index contributed by atoms with van der Waals surface area (Å²) in [5, 5.41) is 7.80. The lowest BCUT2D eigenvalue weighted by Crippen LogP contribution is -2.17. The van der Waals surface area contributed by atoms with Gasteiger partial charge in [-0.25, -0.2) is 9.78 Å². The highest BCUT2D eigenvalue weighted by Gasteiger charge is 2.13. The molecule has 0 aliphatic rings. The summed E-state index contributed by atoms with van der Waals surface area (Å²) in [6, 6.07) is 10.7. The molecule has 0 aliphatic heterocycles. The minimum atomic E-state index is -0.569. The van der Waals surface area contributed by atoms with Crippen molar-refractivity contribution in [2.45, 2.75) is 26.9 Å². The number of hydrogen-bond acceptors (Lipinski definition) is 8. The third kappa shape index (κ3) is 4.92. The van der Waals surface area contributed by atoms with Crippen LogP contribution in [0.3, 0.4) is 0 Å². The molecule has 0 bridgehead atoms. The van der Waals surface area contributed by atoms with Crippen molar-refractivity contribution in [1.82, 2.24) is 14.6 Å². The molecular formula is C22H20N4O5S. The van der Waals surface area contributed by atoms with Crippen molar-refractivity contribution in [2.24, 2.45) is 5.92 Å². The van der Waals surface area contributed by atoms with Crippen LogP contribution in [0.4, 0.5) is 5.69 Å². The number of carbonyl (C=O) groups excluding carboxylic acids is 2. The van der Waals surface area contributed by atoms with Crippen LogP contribution in [0.25, 0.3) is 4.96 Å². The van der Waals surface area contributed by atoms with E-state index in [9.17, 15) is 14.4 Å². The average molecular weight is 452 g/mol. The summed E-state index contributed by atoms with van der Waals surface area (Å²) >= 11 is 1.35. The molecule has 3 aromatic heterocycles. The van der Waals surface area contributed by atoms with Gasteiger partial charge in [-0.2, -0.15) is 9.61 Å². The van der Waals surface area contributed by atoms with Gasteiger partial charge in [-0.3, -0.25) is 9.59 Å². The van der Waals surface area contributed by atoms with Crippen molar-refractivity contribution < 1.29 is 18.7 Å². The number of amides is 1. The predicted octanol–water partition coefficient (Wildman–Crippen LogP) is 3.55. The molecule has 1 aromatic carbocycles. The Bertz CT molecular complexity index is 1310. The molecule has 0 saturated heterocycles. The lowest BCUT2D eigenvalue weighted by atomic mass is 10.1. The molecule has 3 heterocycles. The molecule has 10 heteroatoms. The zero-order chi connectivity index (χ0) is 22.7. The van der Waals surface area contributed by atoms with Crippen LogP contribution in [0.1, 0.15) is 45.5 Å². The second-order valence-corrected chi connectivity index (χ2v) is 8.50. The van der Waals surface area contributed by atoms with E-state index in [1.807, 2.05) is 0 Å². The van der Waals surface area contributed by atoms with E-state index in [1.54, 1.807) is 24.3 Å². The highest BCUT2D eigenvalue weighted by atomic mass is 32.1. The third-order valence-corrected chi connectivity index (χ3v) is 5.33. The Morgan fingerprint density at radius 2 is 2.00 bits per heavy atom. The van der Waals surface area contributed by atoms with Crippen LogP contribution in [0.2, 0.25) is 0 Å². The smallest absolute Gasteiger partial charge is 0.338 e. The molecular weight excluding hydrogens is 432 g/mol. The largest absolute Gasteiger partial charge is 0.459 e. The van der Waals surface area contributed by atoms with E-state index in [0.717, 1.165) is 11.4 Å². The topological polar surface area (TPSA) is 116 Å². The number of aromatic nitrogens is 3. The molecule has 0 atom stereocenters. The first-order chi connectivity index (χ1) is 15.4. The van der Waals surface area contributed by atoms with Crippen LogP contribution in [-0.2, 0) is 17.8 Å². The fourth-order valence-corrected chi connectivity index (χ4v) is 4.04. The molecule has 0 aliphatic carbocycles. The Kier molecular flexibility index (Phi) is 6.13. The molecule has 0 fully saturated rings. The maximum atomic E-state index is 12.4. The molecule has 4 rings (SSSR count). The van der Waals surface area contributed by atoms with Crippen LogP contribution in [0.5, 0.6) is 0 Å². The van der Waals surface area contributed by atoms with E-state index in [0.29, 0.717) is 27.8 Å². The van der Waals surface area contributed by atoms with Crippen LogP contribution in [0, 0.1) is 5.92 Å². The SMILES string of the molecule is CC(C)Cc1nn2c(=O)cc(COC(=O)c3ccc(NC(=O)c4ccco4)cc3)nc2s1. The first-order valence-electron chi connectivity index (χ1n) is 9.90. The summed E-state index contributed by atoms with van der Waals surface area (Å²) in [6.45, 7) is 4.01. The summed E-state index contributed by atoms with van der Waals surface area (Å²) in [7, 11) is 0. The van der Waals surface area contributed by atoms with E-state index >= 15 is 0 Å². The van der Waals surface area contributed by atoms with Crippen LogP contribution >= 0.6 is 11.3 Å². The minimum absolute atomic E-state index is 0.140. The van der Waals surface area contributed by atoms with E-state index in [1.165, 1.54) is 40.3 Å². The maximum Gasteiger partial charge on any atom is 0.338 e. The fraction of sp³-hybridized carbons (Fsp3) is 0.227. The van der Waals surface area contributed by atoms with Crippen LogP contribution < -0.4 is 10.9 Å². The molecule has 0 saturated carbocycles. The van der Waals surface area contributed by atoms with Gasteiger partial charge >= 0.3 is 5.97 Å². The zero-order valence-electron chi connectivity index (χ0n) is 17.4. The highest BCUT2D eigenvalue weighted by Crippen LogP contribution is 2.16. The number of rotatable bonds is 7. The average Bonchev–Trinajstić information content (AvgIpc) is 3.42. The molecule has 1 N–H and O–H groups in total. The number of esters is 1. The zero-order valence-corrected chi connectivity index (χ0v) is 18.2. The van der Waals surface area contributed by atoms with Gasteiger partial charge in [-0.1, -0.05) is 25.2 Å². The lowest BCUT2D eigenvalue weighted by molar-refractivity contribution is 0.0467. The molecule has 164 valence electrons. The number of ether oxygens (including phenoxy) is 1. The Morgan fingerprint density at radius 3 is 2.69 bits per heavy atom. The number of nitrogens with one attached hydrogen (secondary N) is 1. The van der Waals surface area contributed by atoms with Crippen molar-refractivity contribution in [3.63, 3.8) is 0 Å². The summed E-state index contributed by atoms with van der Waals surface area (Å²) in [4.78, 5) is 41.5. The maximum absolute atomic E-state index is 12.4. The van der Waals surface area contributed by atoms with E-state index in [2.05, 4.69) is 29.2 Å². The molecule has 9 nitrogen and oxygen atoms in total. The summed E-state index contributed by atoms with van der Waals surface area (Å²) < 4.78 is 11.6. The first-order valence-corrected chi connectivity index (χ1v) is 10.7. The van der Waals surface area contributed by atoms with Crippen molar-refractivity contribution in [3.8, 4) is 0 Å². The van der Waals surface area contributed by atoms with Crippen molar-refractivity contribution in [2.75, 3.05) is 5.32 Å². The Morgan fingerprint density at radius 1 is 1.22 bits per heavy atom. The third-order valence-electron chi connectivity index (χ3n) is 4.40. The summed E-state index contributed by atoms with van der Waals surface area (Å²) in [5.74, 6) is -0.360. The van der Waals surface area contributed by atoms with Gasteiger partial charge in [-0.05, 0) is 42.3 Å². The van der Waals surface area contributed by atoms with Gasteiger partial charge in [0.15, 0.2) is 5.76 Å². The molecule has 4 aromatic rings. The van der Waals surface area contributed by atoms with Crippen molar-refractivity contribution in [3.05, 3.63) is 81.1 Å². The van der Waals surface area contributed by atoms with Gasteiger partial charge in [0, 0.05) is 18.2 Å². The Hall–Kier alpha value is -3.79. The molecule has 0 spiro atoms. The molecule has 0 radical (unpaired) electrons. The normalized spacial score (nSPS) is 11.1. The number of benzene rings is 1. The monoisotopic (exact) mass is 452 g/mol. The van der Waals surface area contributed by atoms with E-state index < -0.39 is 11.9 Å². The number of furan rings is 1. The van der Waals surface area contributed by atoms with Gasteiger partial charge in [0.1, 0.15) is 11.6 Å². The molecule has 0 unspecified atom stereocenters. The number of anilines is 1. The number of nitrogens with zero attached hydrogens (tertiary/aromatic N) is 3. The van der Waals surface area contributed by atoms with Gasteiger partial charge in [-0.15, -0.1) is 0 Å². The number of hydrogen-bond donors (Lipinski definition) is 1. The van der Waals surface area contributed by atoms with Gasteiger partial charge in [0.05, 0.1) is 17.5 Å². The summed E-state index contributed by atoms with van der Waals surface area (Å²) in [5.41, 5.74) is 0.843. The van der Waals surface area contributed by atoms with Crippen LogP contribution in [0.15, 0.2) is 57.9 Å². The van der Waals surface area contributed by atoms with E-state index in [4.69, 9.17) is 9.15 Å². The molecule has 32 heavy (non-hydrogen) atoms. The van der Waals surface area contributed by atoms with Crippen LogP contribution in [-0.4, -0.2) is 26.5 Å². The van der Waals surface area contributed by atoms with E-state index in [-0.39, 0.29) is 17.9 Å². The quantitative estimate of drug-likeness (QED) is 0.426.